The first kappa shape index (κ1) is 20.2. The van der Waals surface area contributed by atoms with Gasteiger partial charge in [0.25, 0.3) is 5.91 Å². The molecule has 1 amide bonds. The summed E-state index contributed by atoms with van der Waals surface area (Å²) in [4.78, 5) is 24.7. The third-order valence-corrected chi connectivity index (χ3v) is 4.96. The standard InChI is InChI=1S/C21H17N5O4S/c1-30-19-8-7-14(9-15(19)12-24-13-17(11-22-24)26(28)29)10-18-20(27)25(21(31)23-18)16-5-3-2-4-6-16/h2-11,13H,12H2,1H3,(H,23,31)/b18-10+. The van der Waals surface area contributed by atoms with E-state index in [0.717, 1.165) is 11.1 Å². The second-order valence-electron chi connectivity index (χ2n) is 6.69. The van der Waals surface area contributed by atoms with Crippen LogP contribution in [0.15, 0.2) is 66.6 Å². The molecule has 1 saturated heterocycles. The lowest BCUT2D eigenvalue weighted by Crippen LogP contribution is -2.30. The third-order valence-electron chi connectivity index (χ3n) is 4.67. The van der Waals surface area contributed by atoms with Crippen LogP contribution in [0.2, 0.25) is 0 Å². The fourth-order valence-corrected chi connectivity index (χ4v) is 3.53. The highest BCUT2D eigenvalue weighted by atomic mass is 32.1. The van der Waals surface area contributed by atoms with Gasteiger partial charge in [0.15, 0.2) is 5.11 Å². The van der Waals surface area contributed by atoms with Crippen molar-refractivity contribution in [2.45, 2.75) is 6.54 Å². The number of benzene rings is 2. The van der Waals surface area contributed by atoms with Crippen LogP contribution in [0, 0.1) is 10.1 Å². The highest BCUT2D eigenvalue weighted by Gasteiger charge is 2.31. The maximum atomic E-state index is 12.9. The fraction of sp³-hybridized carbons (Fsp3) is 0.0952. The Bertz CT molecular complexity index is 1210. The number of hydrogen-bond donors (Lipinski definition) is 1. The minimum atomic E-state index is -0.500. The Morgan fingerprint density at radius 1 is 1.26 bits per heavy atom. The average molecular weight is 435 g/mol. The summed E-state index contributed by atoms with van der Waals surface area (Å²) in [5, 5.41) is 18.2. The van der Waals surface area contributed by atoms with E-state index in [1.54, 1.807) is 19.3 Å². The highest BCUT2D eigenvalue weighted by molar-refractivity contribution is 7.80. The topological polar surface area (TPSA) is 103 Å². The van der Waals surface area contributed by atoms with Crippen LogP contribution in [0.5, 0.6) is 5.75 Å². The van der Waals surface area contributed by atoms with Crippen molar-refractivity contribution < 1.29 is 14.5 Å². The molecule has 9 nitrogen and oxygen atoms in total. The Kier molecular flexibility index (Phi) is 5.46. The molecule has 1 N–H and O–H groups in total. The number of ether oxygens (including phenoxy) is 1. The van der Waals surface area contributed by atoms with Gasteiger partial charge >= 0.3 is 5.69 Å². The predicted octanol–water partition coefficient (Wildman–Crippen LogP) is 3.11. The van der Waals surface area contributed by atoms with Gasteiger partial charge in [-0.2, -0.15) is 5.10 Å². The number of thiocarbonyl (C=S) groups is 1. The number of nitro groups is 1. The smallest absolute Gasteiger partial charge is 0.307 e. The molecule has 2 aromatic carbocycles. The normalized spacial score (nSPS) is 14.7. The van der Waals surface area contributed by atoms with E-state index < -0.39 is 4.92 Å². The zero-order chi connectivity index (χ0) is 22.0. The first-order valence-electron chi connectivity index (χ1n) is 9.22. The van der Waals surface area contributed by atoms with E-state index in [-0.39, 0.29) is 18.1 Å². The summed E-state index contributed by atoms with van der Waals surface area (Å²) >= 11 is 5.33. The Morgan fingerprint density at radius 2 is 2.03 bits per heavy atom. The number of methoxy groups -OCH3 is 1. The molecular weight excluding hydrogens is 418 g/mol. The minimum absolute atomic E-state index is 0.0903. The monoisotopic (exact) mass is 435 g/mol. The van der Waals surface area contributed by atoms with Crippen molar-refractivity contribution in [3.63, 3.8) is 0 Å². The van der Waals surface area contributed by atoms with Gasteiger partial charge in [-0.05, 0) is 48.1 Å². The summed E-state index contributed by atoms with van der Waals surface area (Å²) in [5.74, 6) is 0.351. The molecule has 0 unspecified atom stereocenters. The van der Waals surface area contributed by atoms with Gasteiger partial charge in [-0.1, -0.05) is 24.3 Å². The van der Waals surface area contributed by atoms with Crippen LogP contribution in [0.4, 0.5) is 11.4 Å². The summed E-state index contributed by atoms with van der Waals surface area (Å²) in [5.41, 5.74) is 2.44. The number of aromatic nitrogens is 2. The molecule has 10 heteroatoms. The van der Waals surface area contributed by atoms with Crippen molar-refractivity contribution >= 4 is 40.7 Å². The van der Waals surface area contributed by atoms with Gasteiger partial charge in [0.2, 0.25) is 0 Å². The zero-order valence-electron chi connectivity index (χ0n) is 16.4. The Morgan fingerprint density at radius 3 is 2.71 bits per heavy atom. The van der Waals surface area contributed by atoms with Crippen molar-refractivity contribution in [1.29, 1.82) is 0 Å². The van der Waals surface area contributed by atoms with Crippen LogP contribution in [-0.4, -0.2) is 32.8 Å². The molecular formula is C21H17N5O4S. The molecule has 1 fully saturated rings. The van der Waals surface area contributed by atoms with Crippen LogP contribution in [-0.2, 0) is 11.3 Å². The molecule has 0 radical (unpaired) electrons. The van der Waals surface area contributed by atoms with Crippen molar-refractivity contribution in [3.8, 4) is 5.75 Å². The van der Waals surface area contributed by atoms with Crippen LogP contribution < -0.4 is 15.0 Å². The van der Waals surface area contributed by atoms with Gasteiger partial charge < -0.3 is 10.1 Å². The molecule has 2 heterocycles. The summed E-state index contributed by atoms with van der Waals surface area (Å²) in [7, 11) is 1.54. The molecule has 0 saturated carbocycles. The van der Waals surface area contributed by atoms with Crippen LogP contribution in [0.1, 0.15) is 11.1 Å². The van der Waals surface area contributed by atoms with Crippen molar-refractivity contribution in [2.75, 3.05) is 12.0 Å². The number of nitrogens with zero attached hydrogens (tertiary/aromatic N) is 4. The SMILES string of the molecule is COc1ccc(/C=C2/NC(=S)N(c3ccccc3)C2=O)cc1Cn1cc([N+](=O)[O-])cn1. The first-order valence-corrected chi connectivity index (χ1v) is 9.63. The van der Waals surface area contributed by atoms with Gasteiger partial charge in [-0.15, -0.1) is 0 Å². The van der Waals surface area contributed by atoms with E-state index in [1.807, 2.05) is 42.5 Å². The summed E-state index contributed by atoms with van der Waals surface area (Å²) in [6.07, 6.45) is 4.24. The summed E-state index contributed by atoms with van der Waals surface area (Å²) in [6, 6.07) is 14.6. The number of para-hydroxylation sites is 1. The molecule has 0 spiro atoms. The molecule has 0 aliphatic carbocycles. The highest BCUT2D eigenvalue weighted by Crippen LogP contribution is 2.25. The lowest BCUT2D eigenvalue weighted by Gasteiger charge is -2.13. The second-order valence-corrected chi connectivity index (χ2v) is 7.08. The minimum Gasteiger partial charge on any atom is -0.496 e. The lowest BCUT2D eigenvalue weighted by atomic mass is 10.1. The molecule has 31 heavy (non-hydrogen) atoms. The van der Waals surface area contributed by atoms with Crippen molar-refractivity contribution in [2.24, 2.45) is 0 Å². The van der Waals surface area contributed by atoms with Gasteiger partial charge in [0, 0.05) is 5.56 Å². The van der Waals surface area contributed by atoms with E-state index >= 15 is 0 Å². The molecule has 4 rings (SSSR count). The first-order chi connectivity index (χ1) is 15.0. The van der Waals surface area contributed by atoms with Gasteiger partial charge in [0.05, 0.1) is 24.3 Å². The molecule has 0 atom stereocenters. The lowest BCUT2D eigenvalue weighted by molar-refractivity contribution is -0.385. The van der Waals surface area contributed by atoms with Crippen LogP contribution >= 0.6 is 12.2 Å². The molecule has 1 aliphatic rings. The van der Waals surface area contributed by atoms with E-state index in [0.29, 0.717) is 22.2 Å². The second kappa shape index (κ2) is 8.36. The summed E-state index contributed by atoms with van der Waals surface area (Å²) in [6.45, 7) is 0.268. The molecule has 0 bridgehead atoms. The number of rotatable bonds is 6. The van der Waals surface area contributed by atoms with Gasteiger partial charge in [-0.25, -0.2) is 0 Å². The van der Waals surface area contributed by atoms with Crippen molar-refractivity contribution in [3.05, 3.63) is 87.9 Å². The number of amides is 1. The van der Waals surface area contributed by atoms with E-state index in [1.165, 1.54) is 22.0 Å². The Balaban J connectivity index is 1.62. The number of carbonyl (C=O) groups excluding carboxylic acids is 1. The number of nitrogens with one attached hydrogen (secondary N) is 1. The number of carbonyl (C=O) groups is 1. The quantitative estimate of drug-likeness (QED) is 0.275. The van der Waals surface area contributed by atoms with Crippen LogP contribution in [0.3, 0.4) is 0 Å². The number of anilines is 1. The maximum absolute atomic E-state index is 12.9. The van der Waals surface area contributed by atoms with Gasteiger partial charge in [0.1, 0.15) is 23.8 Å². The molecule has 3 aromatic rings. The Labute approximate surface area is 182 Å². The predicted molar refractivity (Wildman–Crippen MR) is 119 cm³/mol. The Hall–Kier alpha value is -4.05. The van der Waals surface area contributed by atoms with E-state index in [2.05, 4.69) is 10.4 Å². The van der Waals surface area contributed by atoms with Crippen LogP contribution in [0.25, 0.3) is 6.08 Å². The average Bonchev–Trinajstić information content (AvgIpc) is 3.33. The summed E-state index contributed by atoms with van der Waals surface area (Å²) < 4.78 is 6.86. The van der Waals surface area contributed by atoms with Gasteiger partial charge in [-0.3, -0.25) is 24.5 Å². The fourth-order valence-electron chi connectivity index (χ4n) is 3.23. The number of hydrogen-bond acceptors (Lipinski definition) is 6. The molecule has 1 aromatic heterocycles. The van der Waals surface area contributed by atoms with E-state index in [4.69, 9.17) is 17.0 Å². The van der Waals surface area contributed by atoms with Crippen molar-refractivity contribution in [1.82, 2.24) is 15.1 Å². The maximum Gasteiger partial charge on any atom is 0.307 e. The molecule has 156 valence electrons. The zero-order valence-corrected chi connectivity index (χ0v) is 17.2. The largest absolute Gasteiger partial charge is 0.496 e. The molecule has 1 aliphatic heterocycles. The van der Waals surface area contributed by atoms with E-state index in [9.17, 15) is 14.9 Å². The third kappa shape index (κ3) is 4.14.